The summed E-state index contributed by atoms with van der Waals surface area (Å²) in [7, 11) is 0. The van der Waals surface area contributed by atoms with Crippen LogP contribution >= 0.6 is 11.5 Å². The lowest BCUT2D eigenvalue weighted by Gasteiger charge is -2.06. The third-order valence-electron chi connectivity index (χ3n) is 2.65. The molecule has 0 spiro atoms. The highest BCUT2D eigenvalue weighted by Crippen LogP contribution is 2.36. The molecule has 2 aromatic rings. The predicted molar refractivity (Wildman–Crippen MR) is 79.9 cm³/mol. The molecule has 1 aromatic heterocycles. The van der Waals surface area contributed by atoms with E-state index in [4.69, 9.17) is 5.73 Å². The van der Waals surface area contributed by atoms with Gasteiger partial charge in [-0.05, 0) is 29.9 Å². The molecule has 0 radical (unpaired) electrons. The molecule has 0 aliphatic rings. The van der Waals surface area contributed by atoms with Gasteiger partial charge in [0.1, 0.15) is 10.8 Å². The molecule has 4 heteroatoms. The molecule has 2 rings (SSSR count). The zero-order valence-electron chi connectivity index (χ0n) is 10.2. The summed E-state index contributed by atoms with van der Waals surface area (Å²) < 4.78 is 4.23. The fourth-order valence-corrected chi connectivity index (χ4v) is 2.52. The Bertz CT molecular complexity index is 505. The molecule has 0 atom stereocenters. The van der Waals surface area contributed by atoms with Crippen molar-refractivity contribution in [1.82, 2.24) is 4.37 Å². The number of nitrogens with zero attached hydrogens (tertiary/aromatic N) is 1. The number of nitrogens with one attached hydrogen (secondary N) is 1. The summed E-state index contributed by atoms with van der Waals surface area (Å²) in [4.78, 5) is 0. The third-order valence-corrected chi connectivity index (χ3v) is 3.47. The number of aromatic nitrogens is 1. The first-order valence-electron chi connectivity index (χ1n) is 5.98. The van der Waals surface area contributed by atoms with E-state index in [2.05, 4.69) is 28.4 Å². The maximum atomic E-state index is 5.95. The summed E-state index contributed by atoms with van der Waals surface area (Å²) in [5, 5.41) is 4.44. The van der Waals surface area contributed by atoms with Crippen molar-refractivity contribution in [2.24, 2.45) is 0 Å². The van der Waals surface area contributed by atoms with Gasteiger partial charge in [-0.2, -0.15) is 4.37 Å². The normalized spacial score (nSPS) is 10.2. The molecule has 0 aliphatic carbocycles. The largest absolute Gasteiger partial charge is 0.382 e. The van der Waals surface area contributed by atoms with Gasteiger partial charge >= 0.3 is 0 Å². The van der Waals surface area contributed by atoms with E-state index in [0.717, 1.165) is 35.5 Å². The highest BCUT2D eigenvalue weighted by Gasteiger charge is 2.12. The van der Waals surface area contributed by atoms with E-state index in [0.29, 0.717) is 5.82 Å². The first kappa shape index (κ1) is 12.6. The van der Waals surface area contributed by atoms with Gasteiger partial charge in [0.05, 0.1) is 5.56 Å². The predicted octanol–water partition coefficient (Wildman–Crippen LogP) is 3.77. The van der Waals surface area contributed by atoms with Gasteiger partial charge in [0.2, 0.25) is 0 Å². The van der Waals surface area contributed by atoms with Gasteiger partial charge in [0.25, 0.3) is 0 Å². The smallest absolute Gasteiger partial charge is 0.147 e. The van der Waals surface area contributed by atoms with Crippen molar-refractivity contribution in [2.45, 2.75) is 12.8 Å². The SMILES string of the molecule is C=CCCCNc1snc(N)c1-c1ccccc1. The molecule has 1 aromatic carbocycles. The minimum atomic E-state index is 0.595. The summed E-state index contributed by atoms with van der Waals surface area (Å²) >= 11 is 1.42. The fraction of sp³-hybridized carbons (Fsp3) is 0.214. The third kappa shape index (κ3) is 2.90. The average Bonchev–Trinajstić information content (AvgIpc) is 2.77. The second-order valence-corrected chi connectivity index (χ2v) is 4.77. The molecule has 0 fully saturated rings. The second-order valence-electron chi connectivity index (χ2n) is 4.00. The Morgan fingerprint density at radius 1 is 1.33 bits per heavy atom. The van der Waals surface area contributed by atoms with Crippen LogP contribution in [0.5, 0.6) is 0 Å². The van der Waals surface area contributed by atoms with Gasteiger partial charge in [0.15, 0.2) is 0 Å². The highest BCUT2D eigenvalue weighted by atomic mass is 32.1. The molecule has 0 bridgehead atoms. The van der Waals surface area contributed by atoms with E-state index < -0.39 is 0 Å². The quantitative estimate of drug-likeness (QED) is 0.613. The average molecular weight is 259 g/mol. The summed E-state index contributed by atoms with van der Waals surface area (Å²) in [5.41, 5.74) is 8.07. The number of anilines is 2. The molecule has 94 valence electrons. The van der Waals surface area contributed by atoms with Gasteiger partial charge in [-0.15, -0.1) is 6.58 Å². The number of benzene rings is 1. The van der Waals surface area contributed by atoms with Crippen molar-refractivity contribution < 1.29 is 0 Å². The number of nitrogen functional groups attached to an aromatic ring is 1. The second kappa shape index (κ2) is 6.21. The number of hydrogen-bond acceptors (Lipinski definition) is 4. The van der Waals surface area contributed by atoms with E-state index in [-0.39, 0.29) is 0 Å². The van der Waals surface area contributed by atoms with Crippen molar-refractivity contribution in [3.63, 3.8) is 0 Å². The Labute approximate surface area is 112 Å². The van der Waals surface area contributed by atoms with Gasteiger partial charge in [0, 0.05) is 6.54 Å². The zero-order chi connectivity index (χ0) is 12.8. The monoisotopic (exact) mass is 259 g/mol. The van der Waals surface area contributed by atoms with Crippen LogP contribution < -0.4 is 11.1 Å². The molecule has 0 saturated heterocycles. The molecule has 18 heavy (non-hydrogen) atoms. The van der Waals surface area contributed by atoms with Gasteiger partial charge in [-0.3, -0.25) is 0 Å². The van der Waals surface area contributed by atoms with E-state index in [1.54, 1.807) is 0 Å². The van der Waals surface area contributed by atoms with Gasteiger partial charge < -0.3 is 11.1 Å². The van der Waals surface area contributed by atoms with Crippen molar-refractivity contribution in [3.8, 4) is 11.1 Å². The van der Waals surface area contributed by atoms with E-state index in [1.165, 1.54) is 11.5 Å². The minimum absolute atomic E-state index is 0.595. The Morgan fingerprint density at radius 3 is 2.83 bits per heavy atom. The molecule has 1 heterocycles. The zero-order valence-corrected chi connectivity index (χ0v) is 11.0. The summed E-state index contributed by atoms with van der Waals surface area (Å²) in [6, 6.07) is 10.1. The lowest BCUT2D eigenvalue weighted by Crippen LogP contribution is -2.00. The molecular formula is C14H17N3S. The number of unbranched alkanes of at least 4 members (excludes halogenated alkanes) is 1. The van der Waals surface area contributed by atoms with Crippen LogP contribution in [-0.2, 0) is 0 Å². The van der Waals surface area contributed by atoms with Crippen molar-refractivity contribution >= 4 is 22.4 Å². The van der Waals surface area contributed by atoms with E-state index in [1.807, 2.05) is 24.3 Å². The van der Waals surface area contributed by atoms with Crippen LogP contribution in [0, 0.1) is 0 Å². The van der Waals surface area contributed by atoms with Gasteiger partial charge in [-0.1, -0.05) is 36.4 Å². The molecular weight excluding hydrogens is 242 g/mol. The summed E-state index contributed by atoms with van der Waals surface area (Å²) in [6.07, 6.45) is 4.01. The van der Waals surface area contributed by atoms with Crippen LogP contribution in [0.4, 0.5) is 10.8 Å². The van der Waals surface area contributed by atoms with Crippen molar-refractivity contribution in [2.75, 3.05) is 17.6 Å². The summed E-state index contributed by atoms with van der Waals surface area (Å²) in [6.45, 7) is 4.63. The Hall–Kier alpha value is -1.81. The van der Waals surface area contributed by atoms with Gasteiger partial charge in [-0.25, -0.2) is 0 Å². The number of hydrogen-bond donors (Lipinski definition) is 2. The maximum absolute atomic E-state index is 5.95. The topological polar surface area (TPSA) is 50.9 Å². The summed E-state index contributed by atoms with van der Waals surface area (Å²) in [5.74, 6) is 0.595. The molecule has 3 nitrogen and oxygen atoms in total. The Morgan fingerprint density at radius 2 is 2.11 bits per heavy atom. The van der Waals surface area contributed by atoms with E-state index >= 15 is 0 Å². The molecule has 0 saturated carbocycles. The Kier molecular flexibility index (Phi) is 4.36. The van der Waals surface area contributed by atoms with Crippen molar-refractivity contribution in [3.05, 3.63) is 43.0 Å². The standard InChI is InChI=1S/C14H17N3S/c1-2-3-7-10-16-14-12(13(15)17-18-14)11-8-5-4-6-9-11/h2,4-6,8-9,16H,1,3,7,10H2,(H2,15,17). The van der Waals surface area contributed by atoms with Crippen LogP contribution in [0.1, 0.15) is 12.8 Å². The van der Waals surface area contributed by atoms with Crippen LogP contribution in [0.3, 0.4) is 0 Å². The molecule has 0 aliphatic heterocycles. The van der Waals surface area contributed by atoms with Crippen LogP contribution in [-0.4, -0.2) is 10.9 Å². The van der Waals surface area contributed by atoms with E-state index in [9.17, 15) is 0 Å². The lowest BCUT2D eigenvalue weighted by molar-refractivity contribution is 0.893. The van der Waals surface area contributed by atoms with Crippen LogP contribution in [0.15, 0.2) is 43.0 Å². The number of allylic oxidation sites excluding steroid dienone is 1. The Balaban J connectivity index is 2.15. The molecule has 3 N–H and O–H groups in total. The van der Waals surface area contributed by atoms with Crippen LogP contribution in [0.25, 0.3) is 11.1 Å². The highest BCUT2D eigenvalue weighted by molar-refractivity contribution is 7.11. The lowest BCUT2D eigenvalue weighted by atomic mass is 10.1. The minimum Gasteiger partial charge on any atom is -0.382 e. The number of rotatable bonds is 6. The molecule has 0 unspecified atom stereocenters. The first-order chi connectivity index (χ1) is 8.83. The van der Waals surface area contributed by atoms with Crippen LogP contribution in [0.2, 0.25) is 0 Å². The number of nitrogens with two attached hydrogens (primary N) is 1. The fourth-order valence-electron chi connectivity index (χ4n) is 1.76. The maximum Gasteiger partial charge on any atom is 0.147 e. The van der Waals surface area contributed by atoms with Crippen molar-refractivity contribution in [1.29, 1.82) is 0 Å². The molecule has 0 amide bonds. The first-order valence-corrected chi connectivity index (χ1v) is 6.75.